The van der Waals surface area contributed by atoms with Crippen molar-refractivity contribution in [2.24, 2.45) is 0 Å². The minimum atomic E-state index is -6.12. The standard InChI is InChI=1S/C42H40F6N2O5/c1-28(2)55-35-22-20-33(21-23-35)39(3)37(51)50(38(52)49-39)24-10-11-25-54-36-31(18-16-29-12-6-4-7-13-29)26-34(40(53,41(43,44)45)42(46,47)48)27-32(36)19-17-30-14-8-5-9-15-30/h4-9,12-23,26-28,53H,10-11,24-25H2,1-3H3,(H,49,52)/b18-16+,19-17+. The van der Waals surface area contributed by atoms with E-state index in [9.17, 15) is 41.0 Å². The van der Waals surface area contributed by atoms with Gasteiger partial charge in [0, 0.05) is 23.2 Å². The molecule has 55 heavy (non-hydrogen) atoms. The van der Waals surface area contributed by atoms with Crippen LogP contribution in [0.4, 0.5) is 31.1 Å². The van der Waals surface area contributed by atoms with Gasteiger partial charge < -0.3 is 19.9 Å². The van der Waals surface area contributed by atoms with E-state index in [0.29, 0.717) is 34.6 Å². The van der Waals surface area contributed by atoms with Crippen LogP contribution in [0, 0.1) is 0 Å². The van der Waals surface area contributed by atoms with E-state index in [1.165, 1.54) is 24.3 Å². The normalized spacial score (nSPS) is 16.7. The van der Waals surface area contributed by atoms with Crippen molar-refractivity contribution in [3.05, 3.63) is 130 Å². The van der Waals surface area contributed by atoms with Gasteiger partial charge in [0.15, 0.2) is 0 Å². The maximum atomic E-state index is 14.1. The Morgan fingerprint density at radius 1 is 0.764 bits per heavy atom. The lowest BCUT2D eigenvalue weighted by Crippen LogP contribution is -2.54. The molecular weight excluding hydrogens is 726 g/mol. The zero-order chi connectivity index (χ0) is 40.0. The third-order valence-corrected chi connectivity index (χ3v) is 9.00. The number of halogens is 6. The molecule has 0 radical (unpaired) electrons. The third kappa shape index (κ3) is 9.05. The van der Waals surface area contributed by atoms with Crippen molar-refractivity contribution >= 4 is 36.2 Å². The summed E-state index contributed by atoms with van der Waals surface area (Å²) >= 11 is 0. The molecule has 1 saturated heterocycles. The summed E-state index contributed by atoms with van der Waals surface area (Å²) in [4.78, 5) is 27.5. The molecular formula is C42H40F6N2O5. The zero-order valence-corrected chi connectivity index (χ0v) is 30.2. The van der Waals surface area contributed by atoms with Gasteiger partial charge in [-0.3, -0.25) is 9.69 Å². The predicted octanol–water partition coefficient (Wildman–Crippen LogP) is 9.75. The number of carbonyl (C=O) groups is 2. The molecule has 1 aliphatic heterocycles. The van der Waals surface area contributed by atoms with Crippen molar-refractivity contribution in [1.82, 2.24) is 10.2 Å². The van der Waals surface area contributed by atoms with Crippen LogP contribution >= 0.6 is 0 Å². The lowest BCUT2D eigenvalue weighted by Gasteiger charge is -2.33. The third-order valence-electron chi connectivity index (χ3n) is 9.00. The van der Waals surface area contributed by atoms with Crippen LogP contribution in [-0.2, 0) is 15.9 Å². The molecule has 0 spiro atoms. The van der Waals surface area contributed by atoms with Crippen LogP contribution in [-0.4, -0.2) is 53.6 Å². The van der Waals surface area contributed by atoms with E-state index in [2.05, 4.69) is 5.32 Å². The highest BCUT2D eigenvalue weighted by molar-refractivity contribution is 6.07. The molecule has 290 valence electrons. The number of amides is 3. The second kappa shape index (κ2) is 16.4. The van der Waals surface area contributed by atoms with Gasteiger partial charge in [-0.15, -0.1) is 0 Å². The van der Waals surface area contributed by atoms with Gasteiger partial charge in [0.2, 0.25) is 0 Å². The SMILES string of the molecule is CC(C)Oc1ccc(C2(C)NC(=O)N(CCCCOc3c(/C=C/c4ccccc4)cc(C(O)(C(F)(F)F)C(F)(F)F)cc3/C=C/c3ccccc3)C2=O)cc1. The molecule has 0 bridgehead atoms. The number of aliphatic hydroxyl groups is 1. The lowest BCUT2D eigenvalue weighted by atomic mass is 9.88. The van der Waals surface area contributed by atoms with Crippen LogP contribution in [0.1, 0.15) is 67.0 Å². The van der Waals surface area contributed by atoms with E-state index in [-0.39, 0.29) is 49.0 Å². The average molecular weight is 767 g/mol. The second-order valence-corrected chi connectivity index (χ2v) is 13.4. The number of nitrogens with zero attached hydrogens (tertiary/aromatic N) is 1. The number of rotatable bonds is 14. The molecule has 4 aromatic rings. The average Bonchev–Trinajstić information content (AvgIpc) is 3.36. The molecule has 1 fully saturated rings. The second-order valence-electron chi connectivity index (χ2n) is 13.4. The highest BCUT2D eigenvalue weighted by Gasteiger charge is 2.71. The summed E-state index contributed by atoms with van der Waals surface area (Å²) in [5.74, 6) is 0.108. The van der Waals surface area contributed by atoms with Gasteiger partial charge in [-0.2, -0.15) is 26.3 Å². The first-order chi connectivity index (χ1) is 25.9. The Kier molecular flexibility index (Phi) is 12.1. The number of benzene rings is 4. The zero-order valence-electron chi connectivity index (χ0n) is 30.2. The lowest BCUT2D eigenvalue weighted by molar-refractivity contribution is -0.376. The number of alkyl halides is 6. The molecule has 3 amide bonds. The Labute approximate surface area is 314 Å². The van der Waals surface area contributed by atoms with Crippen LogP contribution in [0.25, 0.3) is 24.3 Å². The van der Waals surface area contributed by atoms with E-state index < -0.39 is 41.0 Å². The minimum absolute atomic E-state index is 0.0167. The van der Waals surface area contributed by atoms with E-state index in [0.717, 1.165) is 4.90 Å². The number of hydrogen-bond donors (Lipinski definition) is 2. The number of nitrogens with one attached hydrogen (secondary N) is 1. The summed E-state index contributed by atoms with van der Waals surface area (Å²) < 4.78 is 96.5. The first-order valence-corrected chi connectivity index (χ1v) is 17.5. The molecule has 5 rings (SSSR count). The van der Waals surface area contributed by atoms with Gasteiger partial charge in [0.1, 0.15) is 17.0 Å². The fraction of sp³-hybridized carbons (Fsp3) is 0.286. The molecule has 4 aromatic carbocycles. The van der Waals surface area contributed by atoms with Crippen molar-refractivity contribution in [2.75, 3.05) is 13.2 Å². The molecule has 0 aliphatic carbocycles. The molecule has 1 atom stereocenters. The maximum absolute atomic E-state index is 14.1. The van der Waals surface area contributed by atoms with Crippen LogP contribution < -0.4 is 14.8 Å². The van der Waals surface area contributed by atoms with Crippen molar-refractivity contribution in [3.8, 4) is 11.5 Å². The molecule has 1 heterocycles. The van der Waals surface area contributed by atoms with E-state index >= 15 is 0 Å². The highest BCUT2D eigenvalue weighted by Crippen LogP contribution is 2.51. The highest BCUT2D eigenvalue weighted by atomic mass is 19.4. The Morgan fingerprint density at radius 3 is 1.75 bits per heavy atom. The Morgan fingerprint density at radius 2 is 1.27 bits per heavy atom. The van der Waals surface area contributed by atoms with Gasteiger partial charge in [-0.25, -0.2) is 4.79 Å². The van der Waals surface area contributed by atoms with Crippen LogP contribution in [0.2, 0.25) is 0 Å². The van der Waals surface area contributed by atoms with E-state index in [1.54, 1.807) is 91.9 Å². The summed E-state index contributed by atoms with van der Waals surface area (Å²) in [7, 11) is 0. The van der Waals surface area contributed by atoms with Crippen LogP contribution in [0.5, 0.6) is 11.5 Å². The van der Waals surface area contributed by atoms with Gasteiger partial charge >= 0.3 is 18.4 Å². The van der Waals surface area contributed by atoms with E-state index in [4.69, 9.17) is 9.47 Å². The predicted molar refractivity (Wildman–Crippen MR) is 198 cm³/mol. The van der Waals surface area contributed by atoms with Gasteiger partial charge in [-0.05, 0) is 74.6 Å². The van der Waals surface area contributed by atoms with Crippen molar-refractivity contribution in [1.29, 1.82) is 0 Å². The number of imide groups is 1. The number of urea groups is 1. The van der Waals surface area contributed by atoms with Gasteiger partial charge in [0.05, 0.1) is 12.7 Å². The minimum Gasteiger partial charge on any atom is -0.492 e. The smallest absolute Gasteiger partial charge is 0.430 e. The summed E-state index contributed by atoms with van der Waals surface area (Å²) in [6.07, 6.45) is -6.15. The number of hydrogen-bond acceptors (Lipinski definition) is 5. The number of ether oxygens (including phenoxy) is 2. The van der Waals surface area contributed by atoms with Gasteiger partial charge in [-0.1, -0.05) is 97.1 Å². The number of unbranched alkanes of at least 4 members (excludes halogenated alkanes) is 1. The molecule has 1 aliphatic rings. The Balaban J connectivity index is 1.42. The van der Waals surface area contributed by atoms with Gasteiger partial charge in [0.25, 0.3) is 11.5 Å². The molecule has 7 nitrogen and oxygen atoms in total. The quantitative estimate of drug-likeness (QED) is 0.0578. The maximum Gasteiger partial charge on any atom is 0.430 e. The van der Waals surface area contributed by atoms with Crippen molar-refractivity contribution < 1.29 is 50.5 Å². The summed E-state index contributed by atoms with van der Waals surface area (Å²) in [5.41, 5.74) is -6.50. The molecule has 1 unspecified atom stereocenters. The van der Waals surface area contributed by atoms with Crippen molar-refractivity contribution in [3.63, 3.8) is 0 Å². The molecule has 0 saturated carbocycles. The Hall–Kier alpha value is -5.56. The Bertz CT molecular complexity index is 1930. The topological polar surface area (TPSA) is 88.1 Å². The molecule has 0 aromatic heterocycles. The van der Waals surface area contributed by atoms with Crippen molar-refractivity contribution in [2.45, 2.75) is 63.2 Å². The monoisotopic (exact) mass is 766 g/mol. The molecule has 13 heteroatoms. The van der Waals surface area contributed by atoms with Crippen LogP contribution in [0.15, 0.2) is 97.1 Å². The summed E-state index contributed by atoms with van der Waals surface area (Å²) in [5, 5.41) is 13.2. The molecule has 2 N–H and O–H groups in total. The first-order valence-electron chi connectivity index (χ1n) is 17.5. The first kappa shape index (κ1) is 40.6. The summed E-state index contributed by atoms with van der Waals surface area (Å²) in [6.45, 7) is 5.30. The largest absolute Gasteiger partial charge is 0.492 e. The number of carbonyl (C=O) groups excluding carboxylic acids is 2. The fourth-order valence-corrected chi connectivity index (χ4v) is 6.07. The van der Waals surface area contributed by atoms with Crippen LogP contribution in [0.3, 0.4) is 0 Å². The van der Waals surface area contributed by atoms with E-state index in [1.807, 2.05) is 13.8 Å². The fourth-order valence-electron chi connectivity index (χ4n) is 6.07. The summed E-state index contributed by atoms with van der Waals surface area (Å²) in [6, 6.07) is 24.6.